The lowest BCUT2D eigenvalue weighted by Crippen LogP contribution is -2.31. The van der Waals surface area contributed by atoms with Gasteiger partial charge in [-0.15, -0.1) is 0 Å². The maximum atomic E-state index is 9.42. The molecule has 0 aliphatic heterocycles. The molecule has 0 saturated carbocycles. The number of hydrogen-bond acceptors (Lipinski definition) is 4. The van der Waals surface area contributed by atoms with Crippen LogP contribution in [0.25, 0.3) is 0 Å². The van der Waals surface area contributed by atoms with Crippen LogP contribution in [0.5, 0.6) is 5.75 Å². The van der Waals surface area contributed by atoms with Crippen molar-refractivity contribution in [3.8, 4) is 5.75 Å². The minimum atomic E-state index is -0.212. The molecule has 0 aromatic heterocycles. The van der Waals surface area contributed by atoms with E-state index in [0.717, 1.165) is 12.8 Å². The van der Waals surface area contributed by atoms with Crippen LogP contribution in [0.4, 0.5) is 0 Å². The first-order valence-corrected chi connectivity index (χ1v) is 5.85. The topological polar surface area (TPSA) is 50.7 Å². The van der Waals surface area contributed by atoms with Crippen LogP contribution in [0.15, 0.2) is 18.2 Å². The van der Waals surface area contributed by atoms with Gasteiger partial charge in [0.2, 0.25) is 0 Å². The number of aromatic hydroxyl groups is 1. The van der Waals surface area contributed by atoms with Gasteiger partial charge in [-0.05, 0) is 36.1 Å². The highest BCUT2D eigenvalue weighted by Crippen LogP contribution is 2.33. The van der Waals surface area contributed by atoms with Gasteiger partial charge in [0, 0.05) is 26.8 Å². The van der Waals surface area contributed by atoms with E-state index >= 15 is 0 Å². The summed E-state index contributed by atoms with van der Waals surface area (Å²) < 4.78 is 10.3. The van der Waals surface area contributed by atoms with E-state index in [1.807, 2.05) is 12.1 Å². The summed E-state index contributed by atoms with van der Waals surface area (Å²) in [6.45, 7) is 0.665. The quantitative estimate of drug-likeness (QED) is 0.764. The van der Waals surface area contributed by atoms with E-state index in [-0.39, 0.29) is 6.29 Å². The first-order valence-electron chi connectivity index (χ1n) is 5.85. The van der Waals surface area contributed by atoms with E-state index in [9.17, 15) is 5.11 Å². The molecule has 0 fully saturated rings. The summed E-state index contributed by atoms with van der Waals surface area (Å²) in [4.78, 5) is 0. The van der Waals surface area contributed by atoms with E-state index in [1.165, 1.54) is 11.1 Å². The van der Waals surface area contributed by atoms with E-state index in [1.54, 1.807) is 20.3 Å². The SMILES string of the molecule is COC(CNC1CCc2cc(O)ccc21)OC. The molecule has 1 aliphatic rings. The van der Waals surface area contributed by atoms with Crippen LogP contribution in [-0.4, -0.2) is 32.2 Å². The van der Waals surface area contributed by atoms with Gasteiger partial charge in [0.05, 0.1) is 0 Å². The Balaban J connectivity index is 1.97. The molecular weight excluding hydrogens is 218 g/mol. The Morgan fingerprint density at radius 2 is 2.18 bits per heavy atom. The fourth-order valence-corrected chi connectivity index (χ4v) is 2.32. The zero-order chi connectivity index (χ0) is 12.3. The molecule has 1 unspecified atom stereocenters. The number of nitrogens with one attached hydrogen (secondary N) is 1. The summed E-state index contributed by atoms with van der Waals surface area (Å²) in [7, 11) is 3.27. The maximum absolute atomic E-state index is 9.42. The highest BCUT2D eigenvalue weighted by Gasteiger charge is 2.22. The van der Waals surface area contributed by atoms with Gasteiger partial charge in [0.25, 0.3) is 0 Å². The van der Waals surface area contributed by atoms with E-state index in [0.29, 0.717) is 18.3 Å². The molecule has 0 saturated heterocycles. The van der Waals surface area contributed by atoms with Crippen molar-refractivity contribution in [2.45, 2.75) is 25.2 Å². The molecular formula is C13H19NO3. The molecule has 2 rings (SSSR count). The van der Waals surface area contributed by atoms with Crippen molar-refractivity contribution < 1.29 is 14.6 Å². The van der Waals surface area contributed by atoms with Crippen LogP contribution in [0.3, 0.4) is 0 Å². The molecule has 0 radical (unpaired) electrons. The van der Waals surface area contributed by atoms with Gasteiger partial charge in [-0.1, -0.05) is 6.07 Å². The number of hydrogen-bond donors (Lipinski definition) is 2. The number of phenols is 1. The number of phenolic OH excluding ortho intramolecular Hbond substituents is 1. The van der Waals surface area contributed by atoms with Crippen molar-refractivity contribution in [1.29, 1.82) is 0 Å². The van der Waals surface area contributed by atoms with E-state index in [2.05, 4.69) is 5.32 Å². The first kappa shape index (κ1) is 12.4. The lowest BCUT2D eigenvalue weighted by atomic mass is 10.1. The van der Waals surface area contributed by atoms with Gasteiger partial charge in [-0.2, -0.15) is 0 Å². The van der Waals surface area contributed by atoms with Crippen LogP contribution >= 0.6 is 0 Å². The Morgan fingerprint density at radius 1 is 1.41 bits per heavy atom. The van der Waals surface area contributed by atoms with Crippen LogP contribution in [-0.2, 0) is 15.9 Å². The second-order valence-electron chi connectivity index (χ2n) is 4.28. The van der Waals surface area contributed by atoms with Crippen LogP contribution in [0.2, 0.25) is 0 Å². The van der Waals surface area contributed by atoms with E-state index in [4.69, 9.17) is 9.47 Å². The largest absolute Gasteiger partial charge is 0.508 e. The first-order chi connectivity index (χ1) is 8.24. The summed E-state index contributed by atoms with van der Waals surface area (Å²) in [5, 5.41) is 12.8. The molecule has 2 N–H and O–H groups in total. The fourth-order valence-electron chi connectivity index (χ4n) is 2.32. The van der Waals surface area contributed by atoms with Crippen LogP contribution in [0, 0.1) is 0 Å². The second kappa shape index (κ2) is 5.49. The number of benzene rings is 1. The minimum Gasteiger partial charge on any atom is -0.508 e. The van der Waals surface area contributed by atoms with Gasteiger partial charge in [-0.3, -0.25) is 0 Å². The summed E-state index contributed by atoms with van der Waals surface area (Å²) in [5.74, 6) is 0.344. The predicted octanol–water partition coefficient (Wildman–Crippen LogP) is 1.59. The van der Waals surface area contributed by atoms with E-state index < -0.39 is 0 Å². The van der Waals surface area contributed by atoms with Crippen LogP contribution < -0.4 is 5.32 Å². The lowest BCUT2D eigenvalue weighted by molar-refractivity contribution is -0.0999. The molecule has 0 heterocycles. The van der Waals surface area contributed by atoms with Crippen molar-refractivity contribution in [3.63, 3.8) is 0 Å². The van der Waals surface area contributed by atoms with Crippen molar-refractivity contribution in [1.82, 2.24) is 5.32 Å². The number of aryl methyl sites for hydroxylation is 1. The molecule has 4 nitrogen and oxygen atoms in total. The maximum Gasteiger partial charge on any atom is 0.169 e. The molecule has 4 heteroatoms. The zero-order valence-corrected chi connectivity index (χ0v) is 10.3. The highest BCUT2D eigenvalue weighted by atomic mass is 16.7. The van der Waals surface area contributed by atoms with Gasteiger partial charge >= 0.3 is 0 Å². The van der Waals surface area contributed by atoms with Gasteiger partial charge < -0.3 is 19.9 Å². The van der Waals surface area contributed by atoms with Crippen LogP contribution in [0.1, 0.15) is 23.6 Å². The Bertz CT molecular complexity index is 377. The monoisotopic (exact) mass is 237 g/mol. The Hall–Kier alpha value is -1.10. The Labute approximate surface area is 102 Å². The van der Waals surface area contributed by atoms with Crippen molar-refractivity contribution in [3.05, 3.63) is 29.3 Å². The summed E-state index contributed by atoms with van der Waals surface area (Å²) in [5.41, 5.74) is 2.50. The fraction of sp³-hybridized carbons (Fsp3) is 0.538. The molecule has 0 amide bonds. The molecule has 0 bridgehead atoms. The Kier molecular flexibility index (Phi) is 3.99. The van der Waals surface area contributed by atoms with Crippen molar-refractivity contribution >= 4 is 0 Å². The summed E-state index contributed by atoms with van der Waals surface area (Å²) >= 11 is 0. The second-order valence-corrected chi connectivity index (χ2v) is 4.28. The third-order valence-electron chi connectivity index (χ3n) is 3.26. The van der Waals surface area contributed by atoms with Crippen molar-refractivity contribution in [2.24, 2.45) is 0 Å². The number of rotatable bonds is 5. The smallest absolute Gasteiger partial charge is 0.169 e. The average molecular weight is 237 g/mol. The zero-order valence-electron chi connectivity index (χ0n) is 10.3. The molecule has 1 aromatic rings. The number of ether oxygens (including phenoxy) is 2. The normalized spacial score (nSPS) is 18.6. The molecule has 94 valence electrons. The average Bonchev–Trinajstić information content (AvgIpc) is 2.73. The molecule has 17 heavy (non-hydrogen) atoms. The molecule has 0 spiro atoms. The standard InChI is InChI=1S/C13H19NO3/c1-16-13(17-2)8-14-12-6-3-9-7-10(15)4-5-11(9)12/h4-5,7,12-15H,3,6,8H2,1-2H3. The molecule has 1 atom stereocenters. The lowest BCUT2D eigenvalue weighted by Gasteiger charge is -2.18. The molecule has 1 aliphatic carbocycles. The van der Waals surface area contributed by atoms with Gasteiger partial charge in [0.15, 0.2) is 6.29 Å². The minimum absolute atomic E-state index is 0.212. The highest BCUT2D eigenvalue weighted by molar-refractivity contribution is 5.39. The Morgan fingerprint density at radius 3 is 2.88 bits per heavy atom. The molecule has 1 aromatic carbocycles. The van der Waals surface area contributed by atoms with Crippen molar-refractivity contribution in [2.75, 3.05) is 20.8 Å². The summed E-state index contributed by atoms with van der Waals surface area (Å²) in [6, 6.07) is 5.91. The van der Waals surface area contributed by atoms with Gasteiger partial charge in [0.1, 0.15) is 5.75 Å². The summed E-state index contributed by atoms with van der Waals surface area (Å²) in [6.07, 6.45) is 1.85. The predicted molar refractivity (Wildman–Crippen MR) is 65.0 cm³/mol. The number of methoxy groups -OCH3 is 2. The number of fused-ring (bicyclic) bond motifs is 1. The van der Waals surface area contributed by atoms with Gasteiger partial charge in [-0.25, -0.2) is 0 Å². The third-order valence-corrected chi connectivity index (χ3v) is 3.26. The third kappa shape index (κ3) is 2.77.